The van der Waals surface area contributed by atoms with Crippen LogP contribution < -0.4 is 19.5 Å². The Balaban J connectivity index is 1.72. The van der Waals surface area contributed by atoms with Crippen molar-refractivity contribution in [2.75, 3.05) is 24.3 Å². The Kier molecular flexibility index (Phi) is 5.46. The molecule has 0 saturated heterocycles. The summed E-state index contributed by atoms with van der Waals surface area (Å²) in [5.74, 6) is 1.46. The minimum atomic E-state index is -3.67. The fraction of sp³-hybridized carbons (Fsp3) is 0.105. The van der Waals surface area contributed by atoms with Gasteiger partial charge in [0.05, 0.1) is 31.0 Å². The number of rotatable bonds is 7. The number of aromatic nitrogens is 1. The number of methoxy groups -OCH3 is 2. The lowest BCUT2D eigenvalue weighted by atomic mass is 10.2. The third kappa shape index (κ3) is 4.48. The molecule has 0 aliphatic heterocycles. The van der Waals surface area contributed by atoms with E-state index in [1.807, 2.05) is 6.07 Å². The number of hydrogen-bond donors (Lipinski definition) is 2. The van der Waals surface area contributed by atoms with Gasteiger partial charge in [0, 0.05) is 11.8 Å². The van der Waals surface area contributed by atoms with Crippen molar-refractivity contribution in [3.63, 3.8) is 0 Å². The van der Waals surface area contributed by atoms with Crippen molar-refractivity contribution < 1.29 is 17.9 Å². The van der Waals surface area contributed by atoms with Crippen molar-refractivity contribution in [3.8, 4) is 11.5 Å². The van der Waals surface area contributed by atoms with E-state index >= 15 is 0 Å². The van der Waals surface area contributed by atoms with Crippen LogP contribution in [0.25, 0.3) is 0 Å². The first-order chi connectivity index (χ1) is 13.0. The Bertz CT molecular complexity index is 1010. The number of benzene rings is 2. The third-order valence-electron chi connectivity index (χ3n) is 3.73. The molecule has 8 heteroatoms. The number of hydrogen-bond acceptors (Lipinski definition) is 6. The molecule has 0 aliphatic carbocycles. The second-order valence-electron chi connectivity index (χ2n) is 5.55. The molecule has 0 spiro atoms. The SMILES string of the molecule is COc1ccc(Nc2ccc(NS(=O)(=O)c3ccccc3)nc2)cc1OC. The first-order valence-electron chi connectivity index (χ1n) is 8.05. The minimum Gasteiger partial charge on any atom is -0.493 e. The number of nitrogens with one attached hydrogen (secondary N) is 2. The van der Waals surface area contributed by atoms with Crippen molar-refractivity contribution in [1.82, 2.24) is 4.98 Å². The molecule has 0 fully saturated rings. The van der Waals surface area contributed by atoms with Gasteiger partial charge >= 0.3 is 0 Å². The van der Waals surface area contributed by atoms with Gasteiger partial charge in [0.2, 0.25) is 0 Å². The van der Waals surface area contributed by atoms with E-state index < -0.39 is 10.0 Å². The first kappa shape index (κ1) is 18.5. The van der Waals surface area contributed by atoms with Gasteiger partial charge in [-0.15, -0.1) is 0 Å². The highest BCUT2D eigenvalue weighted by Gasteiger charge is 2.14. The minimum absolute atomic E-state index is 0.180. The van der Waals surface area contributed by atoms with E-state index in [-0.39, 0.29) is 10.7 Å². The van der Waals surface area contributed by atoms with Crippen LogP contribution in [0.5, 0.6) is 11.5 Å². The Morgan fingerprint density at radius 1 is 0.852 bits per heavy atom. The Hall–Kier alpha value is -3.26. The van der Waals surface area contributed by atoms with Crippen LogP contribution in [-0.4, -0.2) is 27.6 Å². The zero-order valence-corrected chi connectivity index (χ0v) is 15.7. The van der Waals surface area contributed by atoms with Gasteiger partial charge in [-0.3, -0.25) is 4.72 Å². The van der Waals surface area contributed by atoms with Crippen LogP contribution in [-0.2, 0) is 10.0 Å². The predicted molar refractivity (Wildman–Crippen MR) is 104 cm³/mol. The molecule has 0 aliphatic rings. The van der Waals surface area contributed by atoms with Gasteiger partial charge in [0.15, 0.2) is 11.5 Å². The highest BCUT2D eigenvalue weighted by atomic mass is 32.2. The predicted octanol–water partition coefficient (Wildman–Crippen LogP) is 3.64. The van der Waals surface area contributed by atoms with Crippen LogP contribution in [0.1, 0.15) is 0 Å². The summed E-state index contributed by atoms with van der Waals surface area (Å²) in [6, 6.07) is 16.9. The van der Waals surface area contributed by atoms with Gasteiger partial charge in [0.1, 0.15) is 5.82 Å². The van der Waals surface area contributed by atoms with Crippen molar-refractivity contribution in [3.05, 3.63) is 66.9 Å². The summed E-state index contributed by atoms with van der Waals surface area (Å²) in [7, 11) is -0.525. The summed E-state index contributed by atoms with van der Waals surface area (Å²) in [6.07, 6.45) is 1.54. The number of nitrogens with zero attached hydrogens (tertiary/aromatic N) is 1. The molecule has 7 nitrogen and oxygen atoms in total. The van der Waals surface area contributed by atoms with Gasteiger partial charge in [-0.2, -0.15) is 0 Å². The third-order valence-corrected chi connectivity index (χ3v) is 5.10. The van der Waals surface area contributed by atoms with Crippen molar-refractivity contribution in [2.45, 2.75) is 4.90 Å². The lowest BCUT2D eigenvalue weighted by molar-refractivity contribution is 0.355. The molecule has 2 N–H and O–H groups in total. The number of anilines is 3. The molecule has 0 atom stereocenters. The zero-order chi connectivity index (χ0) is 19.3. The van der Waals surface area contributed by atoms with Gasteiger partial charge in [0.25, 0.3) is 10.0 Å². The zero-order valence-electron chi connectivity index (χ0n) is 14.8. The smallest absolute Gasteiger partial charge is 0.263 e. The standard InChI is InChI=1S/C19H19N3O4S/c1-25-17-10-8-14(12-18(17)26-2)21-15-9-11-19(20-13-15)22-27(23,24)16-6-4-3-5-7-16/h3-13,21H,1-2H3,(H,20,22). The quantitative estimate of drug-likeness (QED) is 0.645. The van der Waals surface area contributed by atoms with E-state index in [0.717, 1.165) is 5.69 Å². The number of ether oxygens (including phenoxy) is 2. The number of sulfonamides is 1. The van der Waals surface area contributed by atoms with Crippen LogP contribution in [0.4, 0.5) is 17.2 Å². The van der Waals surface area contributed by atoms with Crippen LogP contribution >= 0.6 is 0 Å². The molecule has 3 aromatic rings. The molecule has 0 unspecified atom stereocenters. The molecular weight excluding hydrogens is 366 g/mol. The Morgan fingerprint density at radius 3 is 2.19 bits per heavy atom. The molecule has 0 bridgehead atoms. The van der Waals surface area contributed by atoms with E-state index in [1.54, 1.807) is 62.9 Å². The molecule has 2 aromatic carbocycles. The van der Waals surface area contributed by atoms with Crippen molar-refractivity contribution >= 4 is 27.2 Å². The fourth-order valence-electron chi connectivity index (χ4n) is 2.41. The summed E-state index contributed by atoms with van der Waals surface area (Å²) in [5, 5.41) is 3.18. The van der Waals surface area contributed by atoms with Crippen LogP contribution in [0.15, 0.2) is 71.8 Å². The van der Waals surface area contributed by atoms with E-state index in [4.69, 9.17) is 9.47 Å². The molecule has 140 valence electrons. The van der Waals surface area contributed by atoms with Gasteiger partial charge < -0.3 is 14.8 Å². The highest BCUT2D eigenvalue weighted by Crippen LogP contribution is 2.31. The maximum atomic E-state index is 12.3. The maximum Gasteiger partial charge on any atom is 0.263 e. The summed E-state index contributed by atoms with van der Waals surface area (Å²) in [5.41, 5.74) is 1.48. The van der Waals surface area contributed by atoms with Crippen LogP contribution in [0.3, 0.4) is 0 Å². The van der Waals surface area contributed by atoms with Gasteiger partial charge in [-0.05, 0) is 36.4 Å². The van der Waals surface area contributed by atoms with Crippen LogP contribution in [0, 0.1) is 0 Å². The Labute approximate surface area is 158 Å². The topological polar surface area (TPSA) is 89.6 Å². The highest BCUT2D eigenvalue weighted by molar-refractivity contribution is 7.92. The molecule has 3 rings (SSSR count). The van der Waals surface area contributed by atoms with Crippen molar-refractivity contribution in [2.24, 2.45) is 0 Å². The second-order valence-corrected chi connectivity index (χ2v) is 7.23. The number of pyridine rings is 1. The molecule has 1 aromatic heterocycles. The summed E-state index contributed by atoms with van der Waals surface area (Å²) in [4.78, 5) is 4.33. The monoisotopic (exact) mass is 385 g/mol. The summed E-state index contributed by atoms with van der Waals surface area (Å²) < 4.78 is 37.6. The first-order valence-corrected chi connectivity index (χ1v) is 9.53. The van der Waals surface area contributed by atoms with Gasteiger partial charge in [-0.1, -0.05) is 18.2 Å². The second kappa shape index (κ2) is 7.96. The molecule has 0 radical (unpaired) electrons. The Morgan fingerprint density at radius 2 is 1.56 bits per heavy atom. The maximum absolute atomic E-state index is 12.3. The summed E-state index contributed by atoms with van der Waals surface area (Å²) in [6.45, 7) is 0. The largest absolute Gasteiger partial charge is 0.493 e. The average Bonchev–Trinajstić information content (AvgIpc) is 2.70. The lowest BCUT2D eigenvalue weighted by Gasteiger charge is -2.12. The average molecular weight is 385 g/mol. The molecule has 0 amide bonds. The normalized spacial score (nSPS) is 10.9. The lowest BCUT2D eigenvalue weighted by Crippen LogP contribution is -2.13. The molecule has 1 heterocycles. The van der Waals surface area contributed by atoms with E-state index in [0.29, 0.717) is 17.2 Å². The fourth-order valence-corrected chi connectivity index (χ4v) is 3.43. The van der Waals surface area contributed by atoms with E-state index in [2.05, 4.69) is 15.0 Å². The molecule has 0 saturated carbocycles. The molecule has 27 heavy (non-hydrogen) atoms. The molecular formula is C19H19N3O4S. The summed E-state index contributed by atoms with van der Waals surface area (Å²) >= 11 is 0. The van der Waals surface area contributed by atoms with Crippen molar-refractivity contribution in [1.29, 1.82) is 0 Å². The van der Waals surface area contributed by atoms with Gasteiger partial charge in [-0.25, -0.2) is 13.4 Å². The van der Waals surface area contributed by atoms with E-state index in [9.17, 15) is 8.42 Å². The van der Waals surface area contributed by atoms with Crippen LogP contribution in [0.2, 0.25) is 0 Å². The van der Waals surface area contributed by atoms with E-state index in [1.165, 1.54) is 12.1 Å².